The molecule has 7 atom stereocenters. The zero-order valence-corrected chi connectivity index (χ0v) is 25.4. The molecule has 3 amide bonds. The van der Waals surface area contributed by atoms with E-state index in [1.165, 1.54) is 0 Å². The Kier molecular flexibility index (Phi) is 7.65. The minimum Gasteiger partial charge on any atom is -0.394 e. The normalized spacial score (nSPS) is 34.6. The van der Waals surface area contributed by atoms with Crippen LogP contribution in [-0.2, 0) is 19.1 Å². The summed E-state index contributed by atoms with van der Waals surface area (Å²) >= 11 is 0. The van der Waals surface area contributed by atoms with Crippen molar-refractivity contribution in [2.24, 2.45) is 23.2 Å². The van der Waals surface area contributed by atoms with E-state index < -0.39 is 40.7 Å². The first-order valence-corrected chi connectivity index (χ1v) is 14.7. The molecule has 0 saturated carbocycles. The van der Waals surface area contributed by atoms with Crippen molar-refractivity contribution in [3.8, 4) is 0 Å². The third-order valence-corrected chi connectivity index (χ3v) is 9.62. The average molecular weight is 544 g/mol. The molecule has 4 rings (SSSR count). The molecule has 2 fully saturated rings. The Morgan fingerprint density at radius 3 is 2.21 bits per heavy atom. The molecule has 218 valence electrons. The lowest BCUT2D eigenvalue weighted by Gasteiger charge is -2.46. The maximum Gasteiger partial charge on any atom is 0.249 e. The lowest BCUT2D eigenvalue weighted by atomic mass is 9.73. The van der Waals surface area contributed by atoms with Crippen molar-refractivity contribution >= 4 is 17.7 Å². The SMILES string of the molecule is CC[C@H](C)[C@H](CO)N1C(=O)[C@@H]2[C@H]3C(=O)N(C)CC=C[C@@]3(CC)O[C@@]23C=CCN(C(C)(C)CC(C)(C)C)C(=O)C13. The van der Waals surface area contributed by atoms with Gasteiger partial charge in [-0.3, -0.25) is 14.4 Å². The highest BCUT2D eigenvalue weighted by molar-refractivity contribution is 6.00. The second-order valence-corrected chi connectivity index (χ2v) is 14.0. The third-order valence-electron chi connectivity index (χ3n) is 9.62. The Morgan fingerprint density at radius 1 is 1.00 bits per heavy atom. The second kappa shape index (κ2) is 10.0. The van der Waals surface area contributed by atoms with E-state index in [0.717, 1.165) is 12.8 Å². The molecule has 0 radical (unpaired) electrons. The number of likely N-dealkylation sites (N-methyl/N-ethyl adjacent to an activating group) is 1. The first-order valence-electron chi connectivity index (χ1n) is 14.7. The van der Waals surface area contributed by atoms with Gasteiger partial charge in [0.15, 0.2) is 0 Å². The van der Waals surface area contributed by atoms with Gasteiger partial charge in [0.25, 0.3) is 0 Å². The number of aliphatic hydroxyl groups is 1. The minimum atomic E-state index is -1.31. The monoisotopic (exact) mass is 543 g/mol. The molecule has 0 aliphatic carbocycles. The lowest BCUT2D eigenvalue weighted by Crippen LogP contribution is -2.62. The molecule has 39 heavy (non-hydrogen) atoms. The summed E-state index contributed by atoms with van der Waals surface area (Å²) in [6.07, 6.45) is 9.74. The highest BCUT2D eigenvalue weighted by atomic mass is 16.5. The molecule has 1 spiro atoms. The van der Waals surface area contributed by atoms with Crippen LogP contribution >= 0.6 is 0 Å². The molecule has 4 aliphatic rings. The number of likely N-dealkylation sites (tertiary alicyclic amines) is 1. The second-order valence-electron chi connectivity index (χ2n) is 14.0. The predicted octanol–water partition coefficient (Wildman–Crippen LogP) is 3.40. The standard InChI is InChI=1S/C31H49N3O5/c1-10-20(3)21(18-35)34-24-27(38)33(29(7,8)19-28(4,5)6)17-13-15-31(24)23(26(34)37)22-25(36)32(9)16-12-14-30(22,11-2)39-31/h12-15,20-24,35H,10-11,16-19H2,1-9H3/t20-,21-,22-,23-,24?,30+,31-/m0/s1. The van der Waals surface area contributed by atoms with E-state index in [4.69, 9.17) is 4.74 Å². The summed E-state index contributed by atoms with van der Waals surface area (Å²) in [5.74, 6) is -2.26. The zero-order chi connectivity index (χ0) is 29.1. The third kappa shape index (κ3) is 4.55. The molecule has 2 saturated heterocycles. The minimum absolute atomic E-state index is 0.0271. The van der Waals surface area contributed by atoms with Crippen LogP contribution in [0.25, 0.3) is 0 Å². The number of carbonyl (C=O) groups is 3. The van der Waals surface area contributed by atoms with Crippen LogP contribution in [0.5, 0.6) is 0 Å². The summed E-state index contributed by atoms with van der Waals surface area (Å²) in [6.45, 7) is 17.2. The fourth-order valence-corrected chi connectivity index (χ4v) is 7.93. The van der Waals surface area contributed by atoms with E-state index in [9.17, 15) is 19.5 Å². The molecule has 4 aliphatic heterocycles. The number of carbonyl (C=O) groups excluding carboxylic acids is 3. The Bertz CT molecular complexity index is 1060. The maximum absolute atomic E-state index is 14.8. The van der Waals surface area contributed by atoms with Crippen LogP contribution in [0.2, 0.25) is 0 Å². The van der Waals surface area contributed by atoms with Crippen LogP contribution in [0.4, 0.5) is 0 Å². The van der Waals surface area contributed by atoms with Gasteiger partial charge in [0.05, 0.1) is 30.1 Å². The first kappa shape index (κ1) is 29.8. The van der Waals surface area contributed by atoms with E-state index in [1.54, 1.807) is 16.8 Å². The van der Waals surface area contributed by atoms with Crippen molar-refractivity contribution in [2.75, 3.05) is 26.7 Å². The molecular formula is C31H49N3O5. The van der Waals surface area contributed by atoms with Gasteiger partial charge < -0.3 is 24.5 Å². The zero-order valence-electron chi connectivity index (χ0n) is 25.4. The highest BCUT2D eigenvalue weighted by Gasteiger charge is 2.76. The van der Waals surface area contributed by atoms with Crippen LogP contribution in [0, 0.1) is 23.2 Å². The summed E-state index contributed by atoms with van der Waals surface area (Å²) in [5.41, 5.74) is -2.82. The number of nitrogens with zero attached hydrogens (tertiary/aromatic N) is 3. The quantitative estimate of drug-likeness (QED) is 0.497. The van der Waals surface area contributed by atoms with Crippen molar-refractivity contribution in [1.29, 1.82) is 0 Å². The summed E-state index contributed by atoms with van der Waals surface area (Å²) in [6, 6.07) is -1.53. The van der Waals surface area contributed by atoms with Crippen molar-refractivity contribution in [2.45, 2.75) is 103 Å². The molecule has 1 unspecified atom stereocenters. The number of amides is 3. The fourth-order valence-electron chi connectivity index (χ4n) is 7.93. The van der Waals surface area contributed by atoms with E-state index >= 15 is 0 Å². The van der Waals surface area contributed by atoms with Crippen LogP contribution in [0.1, 0.15) is 74.7 Å². The van der Waals surface area contributed by atoms with Crippen molar-refractivity contribution in [3.05, 3.63) is 24.3 Å². The molecule has 8 nitrogen and oxygen atoms in total. The van der Waals surface area contributed by atoms with E-state index in [0.29, 0.717) is 19.5 Å². The van der Waals surface area contributed by atoms with E-state index in [-0.39, 0.29) is 35.7 Å². The van der Waals surface area contributed by atoms with Crippen molar-refractivity contribution in [1.82, 2.24) is 14.7 Å². The Labute approximate surface area is 234 Å². The summed E-state index contributed by atoms with van der Waals surface area (Å²) in [5, 5.41) is 10.6. The molecule has 0 aromatic rings. The van der Waals surface area contributed by atoms with Gasteiger partial charge >= 0.3 is 0 Å². The maximum atomic E-state index is 14.8. The number of rotatable bonds is 7. The highest BCUT2D eigenvalue weighted by Crippen LogP contribution is 2.59. The topological polar surface area (TPSA) is 90.4 Å². The lowest BCUT2D eigenvalue weighted by molar-refractivity contribution is -0.161. The summed E-state index contributed by atoms with van der Waals surface area (Å²) in [4.78, 5) is 48.5. The molecular weight excluding hydrogens is 494 g/mol. The molecule has 0 bridgehead atoms. The summed E-state index contributed by atoms with van der Waals surface area (Å²) < 4.78 is 7.02. The van der Waals surface area contributed by atoms with Gasteiger partial charge in [0.2, 0.25) is 17.7 Å². The van der Waals surface area contributed by atoms with Gasteiger partial charge in [-0.05, 0) is 38.0 Å². The van der Waals surface area contributed by atoms with Gasteiger partial charge in [-0.1, -0.05) is 72.3 Å². The van der Waals surface area contributed by atoms with Crippen molar-refractivity contribution < 1.29 is 24.2 Å². The molecule has 4 heterocycles. The van der Waals surface area contributed by atoms with Crippen molar-refractivity contribution in [3.63, 3.8) is 0 Å². The average Bonchev–Trinajstić information content (AvgIpc) is 3.14. The van der Waals surface area contributed by atoms with Crippen LogP contribution in [-0.4, -0.2) is 93.1 Å². The number of hydrogen-bond donors (Lipinski definition) is 1. The number of hydrogen-bond acceptors (Lipinski definition) is 5. The Morgan fingerprint density at radius 2 is 1.64 bits per heavy atom. The number of ether oxygens (including phenoxy) is 1. The first-order chi connectivity index (χ1) is 18.1. The Balaban J connectivity index is 1.93. The van der Waals surface area contributed by atoms with E-state index in [1.807, 2.05) is 50.0 Å². The smallest absolute Gasteiger partial charge is 0.249 e. The number of fused-ring (bicyclic) bond motifs is 2. The van der Waals surface area contributed by atoms with Gasteiger partial charge in [0.1, 0.15) is 11.6 Å². The van der Waals surface area contributed by atoms with E-state index in [2.05, 4.69) is 34.6 Å². The largest absolute Gasteiger partial charge is 0.394 e. The van der Waals surface area contributed by atoms with Gasteiger partial charge in [-0.15, -0.1) is 0 Å². The van der Waals surface area contributed by atoms with Gasteiger partial charge in [-0.25, -0.2) is 0 Å². The van der Waals surface area contributed by atoms with Gasteiger partial charge in [-0.2, -0.15) is 0 Å². The van der Waals surface area contributed by atoms with Crippen LogP contribution in [0.3, 0.4) is 0 Å². The van der Waals surface area contributed by atoms with Crippen LogP contribution < -0.4 is 0 Å². The molecule has 1 N–H and O–H groups in total. The molecule has 0 aromatic carbocycles. The fraction of sp³-hybridized carbons (Fsp3) is 0.774. The molecule has 8 heteroatoms. The summed E-state index contributed by atoms with van der Waals surface area (Å²) in [7, 11) is 1.75. The van der Waals surface area contributed by atoms with Gasteiger partial charge in [0, 0.05) is 25.7 Å². The number of aliphatic hydroxyl groups excluding tert-OH is 1. The molecule has 0 aromatic heterocycles. The predicted molar refractivity (Wildman–Crippen MR) is 151 cm³/mol. The van der Waals surface area contributed by atoms with Crippen LogP contribution in [0.15, 0.2) is 24.3 Å². The Hall–Kier alpha value is -2.19.